The van der Waals surface area contributed by atoms with Crippen LogP contribution < -0.4 is 10.2 Å². The van der Waals surface area contributed by atoms with E-state index in [1.54, 1.807) is 0 Å². The van der Waals surface area contributed by atoms with Gasteiger partial charge >= 0.3 is 0 Å². The van der Waals surface area contributed by atoms with Crippen molar-refractivity contribution in [2.24, 2.45) is 5.41 Å². The minimum absolute atomic E-state index is 0.0324. The molecule has 0 radical (unpaired) electrons. The second kappa shape index (κ2) is 8.92. The van der Waals surface area contributed by atoms with Gasteiger partial charge in [0.15, 0.2) is 0 Å². The molecule has 1 aromatic carbocycles. The third-order valence-electron chi connectivity index (χ3n) is 9.20. The molecule has 4 aliphatic rings. The number of likely N-dealkylation sites (tertiary alicyclic amines) is 1. The number of benzene rings is 1. The van der Waals surface area contributed by atoms with E-state index in [-0.39, 0.29) is 5.41 Å². The number of aromatic nitrogens is 1. The number of fused-ring (bicyclic) bond motifs is 3. The lowest BCUT2D eigenvalue weighted by Gasteiger charge is -2.50. The van der Waals surface area contributed by atoms with Gasteiger partial charge in [-0.2, -0.15) is 0 Å². The maximum absolute atomic E-state index is 6.35. The lowest BCUT2D eigenvalue weighted by atomic mass is 9.67. The Balaban J connectivity index is 1.05. The minimum atomic E-state index is 0.0324. The lowest BCUT2D eigenvalue weighted by Crippen LogP contribution is -2.49. The average Bonchev–Trinajstić information content (AvgIpc) is 3.09. The lowest BCUT2D eigenvalue weighted by molar-refractivity contribution is 0.149. The number of aryl methyl sites for hydroxylation is 2. The van der Waals surface area contributed by atoms with Crippen LogP contribution in [0.2, 0.25) is 5.02 Å². The van der Waals surface area contributed by atoms with E-state index in [0.717, 1.165) is 62.5 Å². The van der Waals surface area contributed by atoms with Gasteiger partial charge in [0.1, 0.15) is 5.82 Å². The standard InChI is InChI=1S/C31H39ClN4/c1-21-7-8-24-16-23(20-33-29(24)36(21)26-18-30(3,4)19-26)6-5-13-35-14-11-31(12-15-35)22(2)34-28-10-9-25(32)17-27(28)31/h9-10,16-17,20,26,34H,1-2,5-8,11-15,18-19H2,3-4H3. The number of anilines is 2. The Morgan fingerprint density at radius 1 is 1.11 bits per heavy atom. The van der Waals surface area contributed by atoms with Gasteiger partial charge in [-0.15, -0.1) is 0 Å². The van der Waals surface area contributed by atoms with Gasteiger partial charge in [-0.25, -0.2) is 4.98 Å². The van der Waals surface area contributed by atoms with Crippen LogP contribution in [0.15, 0.2) is 55.0 Å². The summed E-state index contributed by atoms with van der Waals surface area (Å²) in [6.07, 6.45) is 11.2. The molecule has 190 valence electrons. The molecule has 1 aliphatic carbocycles. The smallest absolute Gasteiger partial charge is 0.136 e. The third-order valence-corrected chi connectivity index (χ3v) is 9.44. The van der Waals surface area contributed by atoms with E-state index in [0.29, 0.717) is 11.5 Å². The molecule has 5 heteroatoms. The summed E-state index contributed by atoms with van der Waals surface area (Å²) >= 11 is 6.35. The molecule has 1 saturated carbocycles. The van der Waals surface area contributed by atoms with Crippen molar-refractivity contribution in [3.63, 3.8) is 0 Å². The number of hydrogen-bond donors (Lipinski definition) is 1. The molecule has 0 amide bonds. The van der Waals surface area contributed by atoms with E-state index in [2.05, 4.69) is 66.5 Å². The van der Waals surface area contributed by atoms with Gasteiger partial charge in [0.25, 0.3) is 0 Å². The fourth-order valence-corrected chi connectivity index (χ4v) is 7.34. The molecule has 1 N–H and O–H groups in total. The van der Waals surface area contributed by atoms with Gasteiger partial charge in [-0.3, -0.25) is 0 Å². The van der Waals surface area contributed by atoms with Gasteiger partial charge in [0.2, 0.25) is 0 Å². The van der Waals surface area contributed by atoms with E-state index in [9.17, 15) is 0 Å². The number of nitrogens with zero attached hydrogens (tertiary/aromatic N) is 3. The molecule has 2 aromatic rings. The molecule has 2 fully saturated rings. The van der Waals surface area contributed by atoms with Gasteiger partial charge in [-0.05, 0) is 111 Å². The monoisotopic (exact) mass is 502 g/mol. The Labute approximate surface area is 221 Å². The van der Waals surface area contributed by atoms with Crippen LogP contribution in [0.25, 0.3) is 0 Å². The van der Waals surface area contributed by atoms with Crippen molar-refractivity contribution in [1.82, 2.24) is 9.88 Å². The van der Waals surface area contributed by atoms with E-state index < -0.39 is 0 Å². The number of pyridine rings is 1. The molecule has 6 rings (SSSR count). The normalized spacial score (nSPS) is 22.8. The Morgan fingerprint density at radius 3 is 2.64 bits per heavy atom. The summed E-state index contributed by atoms with van der Waals surface area (Å²) in [6.45, 7) is 16.8. The fraction of sp³-hybridized carbons (Fsp3) is 0.516. The molecule has 0 atom stereocenters. The summed E-state index contributed by atoms with van der Waals surface area (Å²) in [4.78, 5) is 10.1. The predicted molar refractivity (Wildman–Crippen MR) is 151 cm³/mol. The summed E-state index contributed by atoms with van der Waals surface area (Å²) in [5, 5.41) is 4.34. The van der Waals surface area contributed by atoms with Crippen LogP contribution in [-0.2, 0) is 18.3 Å². The first kappa shape index (κ1) is 24.1. The highest BCUT2D eigenvalue weighted by atomic mass is 35.5. The molecule has 0 bridgehead atoms. The first-order chi connectivity index (χ1) is 17.2. The van der Waals surface area contributed by atoms with Crippen molar-refractivity contribution in [3.8, 4) is 0 Å². The maximum atomic E-state index is 6.35. The molecule has 1 spiro atoms. The van der Waals surface area contributed by atoms with Crippen molar-refractivity contribution in [2.45, 2.75) is 76.7 Å². The van der Waals surface area contributed by atoms with Gasteiger partial charge in [0.05, 0.1) is 0 Å². The second-order valence-electron chi connectivity index (χ2n) is 12.3. The molecule has 1 aromatic heterocycles. The predicted octanol–water partition coefficient (Wildman–Crippen LogP) is 7.10. The quantitative estimate of drug-likeness (QED) is 0.472. The second-order valence-corrected chi connectivity index (χ2v) is 12.7. The number of allylic oxidation sites excluding steroid dienone is 2. The van der Waals surface area contributed by atoms with Gasteiger partial charge in [0, 0.05) is 39.8 Å². The molecule has 4 heterocycles. The number of hydrogen-bond acceptors (Lipinski definition) is 4. The highest BCUT2D eigenvalue weighted by Gasteiger charge is 2.44. The van der Waals surface area contributed by atoms with Crippen LogP contribution in [0.4, 0.5) is 11.5 Å². The minimum Gasteiger partial charge on any atom is -0.358 e. The zero-order chi connectivity index (χ0) is 25.1. The number of piperidine rings is 1. The highest BCUT2D eigenvalue weighted by molar-refractivity contribution is 6.30. The number of halogens is 1. The molecule has 4 nitrogen and oxygen atoms in total. The van der Waals surface area contributed by atoms with Crippen molar-refractivity contribution in [2.75, 3.05) is 29.9 Å². The summed E-state index contributed by atoms with van der Waals surface area (Å²) < 4.78 is 0. The van der Waals surface area contributed by atoms with E-state index in [4.69, 9.17) is 16.6 Å². The van der Waals surface area contributed by atoms with Crippen molar-refractivity contribution in [1.29, 1.82) is 0 Å². The largest absolute Gasteiger partial charge is 0.358 e. The van der Waals surface area contributed by atoms with Crippen molar-refractivity contribution >= 4 is 23.1 Å². The number of nitrogens with one attached hydrogen (secondary N) is 1. The van der Waals surface area contributed by atoms with Crippen molar-refractivity contribution in [3.05, 3.63) is 76.7 Å². The Morgan fingerprint density at radius 2 is 1.89 bits per heavy atom. The summed E-state index contributed by atoms with van der Waals surface area (Å²) in [5.74, 6) is 1.17. The Kier molecular flexibility index (Phi) is 5.96. The summed E-state index contributed by atoms with van der Waals surface area (Å²) in [7, 11) is 0. The van der Waals surface area contributed by atoms with Crippen LogP contribution in [0.5, 0.6) is 0 Å². The zero-order valence-corrected chi connectivity index (χ0v) is 22.6. The van der Waals surface area contributed by atoms with E-state index in [1.807, 2.05) is 6.07 Å². The number of rotatable bonds is 5. The van der Waals surface area contributed by atoms with Crippen LogP contribution >= 0.6 is 11.6 Å². The third kappa shape index (κ3) is 4.16. The van der Waals surface area contributed by atoms with Crippen LogP contribution in [0.1, 0.15) is 69.1 Å². The van der Waals surface area contributed by atoms with Crippen molar-refractivity contribution < 1.29 is 0 Å². The molecular formula is C31H39ClN4. The van der Waals surface area contributed by atoms with E-state index in [1.165, 1.54) is 53.2 Å². The Hall–Kier alpha value is -2.30. The maximum Gasteiger partial charge on any atom is 0.136 e. The summed E-state index contributed by atoms with van der Waals surface area (Å²) in [6, 6.07) is 9.20. The molecule has 1 saturated heterocycles. The van der Waals surface area contributed by atoms with Crippen LogP contribution in [-0.4, -0.2) is 35.6 Å². The molecular weight excluding hydrogens is 464 g/mol. The van der Waals surface area contributed by atoms with E-state index >= 15 is 0 Å². The van der Waals surface area contributed by atoms with Gasteiger partial charge in [-0.1, -0.05) is 44.7 Å². The highest BCUT2D eigenvalue weighted by Crippen LogP contribution is 2.50. The first-order valence-electron chi connectivity index (χ1n) is 13.7. The first-order valence-corrected chi connectivity index (χ1v) is 14.1. The fourth-order valence-electron chi connectivity index (χ4n) is 7.17. The topological polar surface area (TPSA) is 31.4 Å². The Bertz CT molecular complexity index is 1200. The molecule has 3 aliphatic heterocycles. The SMILES string of the molecule is C=C1CCc2cc(CCCN3CCC4(CC3)C(=C)Nc3ccc(Cl)cc34)cnc2N1C1CC(C)(C)C1. The van der Waals surface area contributed by atoms with Gasteiger partial charge < -0.3 is 15.1 Å². The molecule has 36 heavy (non-hydrogen) atoms. The summed E-state index contributed by atoms with van der Waals surface area (Å²) in [5.41, 5.74) is 8.18. The average molecular weight is 503 g/mol. The van der Waals surface area contributed by atoms with Crippen LogP contribution in [0, 0.1) is 5.41 Å². The van der Waals surface area contributed by atoms with Crippen LogP contribution in [0.3, 0.4) is 0 Å². The zero-order valence-electron chi connectivity index (χ0n) is 21.9. The molecule has 0 unspecified atom stereocenters.